The van der Waals surface area contributed by atoms with Crippen molar-refractivity contribution in [2.24, 2.45) is 0 Å². The highest BCUT2D eigenvalue weighted by atomic mass is 16.7. The molecule has 64 valence electrons. The second-order valence-corrected chi connectivity index (χ2v) is 3.52. The highest BCUT2D eigenvalue weighted by Gasteiger charge is 2.36. The van der Waals surface area contributed by atoms with Crippen molar-refractivity contribution in [3.8, 4) is 0 Å². The standard InChI is InChI=1S/C8H15NO2/c1-4-5-9-7(10)6-8(2,3)11-9/h4-6H2,1-3H3. The topological polar surface area (TPSA) is 29.5 Å². The second-order valence-electron chi connectivity index (χ2n) is 3.52. The predicted molar refractivity (Wildman–Crippen MR) is 41.8 cm³/mol. The molecule has 0 radical (unpaired) electrons. The van der Waals surface area contributed by atoms with Crippen molar-refractivity contribution in [2.75, 3.05) is 6.54 Å². The summed E-state index contributed by atoms with van der Waals surface area (Å²) in [4.78, 5) is 16.6. The van der Waals surface area contributed by atoms with Crippen molar-refractivity contribution in [1.82, 2.24) is 5.06 Å². The third kappa shape index (κ3) is 1.93. The van der Waals surface area contributed by atoms with Gasteiger partial charge in [0.05, 0.1) is 12.0 Å². The first-order valence-corrected chi connectivity index (χ1v) is 4.04. The van der Waals surface area contributed by atoms with Crippen LogP contribution in [0.1, 0.15) is 33.6 Å². The summed E-state index contributed by atoms with van der Waals surface area (Å²) in [7, 11) is 0. The van der Waals surface area contributed by atoms with E-state index in [2.05, 4.69) is 0 Å². The van der Waals surface area contributed by atoms with Gasteiger partial charge in [-0.25, -0.2) is 5.06 Å². The van der Waals surface area contributed by atoms with Crippen LogP contribution in [0.4, 0.5) is 0 Å². The molecule has 0 N–H and O–H groups in total. The van der Waals surface area contributed by atoms with Gasteiger partial charge in [0.1, 0.15) is 0 Å². The molecule has 1 rings (SSSR count). The van der Waals surface area contributed by atoms with Gasteiger partial charge in [-0.05, 0) is 20.3 Å². The van der Waals surface area contributed by atoms with E-state index in [1.54, 1.807) is 0 Å². The van der Waals surface area contributed by atoms with E-state index < -0.39 is 0 Å². The van der Waals surface area contributed by atoms with Gasteiger partial charge in [0.2, 0.25) is 5.91 Å². The smallest absolute Gasteiger partial charge is 0.249 e. The van der Waals surface area contributed by atoms with Gasteiger partial charge in [-0.1, -0.05) is 6.92 Å². The molecule has 0 spiro atoms. The predicted octanol–water partition coefficient (Wildman–Crippen LogP) is 1.34. The van der Waals surface area contributed by atoms with E-state index >= 15 is 0 Å². The molecule has 1 saturated heterocycles. The third-order valence-electron chi connectivity index (χ3n) is 1.64. The van der Waals surface area contributed by atoms with Crippen molar-refractivity contribution < 1.29 is 9.63 Å². The van der Waals surface area contributed by atoms with Gasteiger partial charge in [-0.3, -0.25) is 9.63 Å². The average molecular weight is 157 g/mol. The molecule has 0 bridgehead atoms. The van der Waals surface area contributed by atoms with Gasteiger partial charge >= 0.3 is 0 Å². The van der Waals surface area contributed by atoms with Crippen LogP contribution in [-0.2, 0) is 9.63 Å². The first-order chi connectivity index (χ1) is 5.05. The van der Waals surface area contributed by atoms with Gasteiger partial charge in [0, 0.05) is 6.54 Å². The van der Waals surface area contributed by atoms with Gasteiger partial charge in [-0.2, -0.15) is 0 Å². The molecule has 1 aliphatic rings. The molecule has 0 aromatic carbocycles. The highest BCUT2D eigenvalue weighted by molar-refractivity contribution is 5.77. The number of hydroxylamine groups is 2. The number of nitrogens with zero attached hydrogens (tertiary/aromatic N) is 1. The largest absolute Gasteiger partial charge is 0.272 e. The molecule has 0 aliphatic carbocycles. The molecule has 0 unspecified atom stereocenters. The summed E-state index contributed by atoms with van der Waals surface area (Å²) in [5.41, 5.74) is -0.285. The number of carbonyl (C=O) groups excluding carboxylic acids is 1. The number of carbonyl (C=O) groups is 1. The van der Waals surface area contributed by atoms with Gasteiger partial charge in [0.25, 0.3) is 0 Å². The Morgan fingerprint density at radius 2 is 2.27 bits per heavy atom. The molecule has 1 fully saturated rings. The number of rotatable bonds is 2. The van der Waals surface area contributed by atoms with E-state index in [4.69, 9.17) is 4.84 Å². The van der Waals surface area contributed by atoms with Crippen LogP contribution < -0.4 is 0 Å². The van der Waals surface area contributed by atoms with Crippen LogP contribution in [0.5, 0.6) is 0 Å². The molecule has 0 saturated carbocycles. The zero-order valence-corrected chi connectivity index (χ0v) is 7.39. The zero-order chi connectivity index (χ0) is 8.48. The lowest BCUT2D eigenvalue weighted by molar-refractivity contribution is -0.190. The van der Waals surface area contributed by atoms with E-state index in [-0.39, 0.29) is 11.5 Å². The van der Waals surface area contributed by atoms with E-state index in [0.29, 0.717) is 13.0 Å². The third-order valence-corrected chi connectivity index (χ3v) is 1.64. The molecule has 0 aromatic heterocycles. The lowest BCUT2D eigenvalue weighted by atomic mass is 10.1. The maximum atomic E-state index is 11.2. The lowest BCUT2D eigenvalue weighted by Gasteiger charge is -2.18. The summed E-state index contributed by atoms with van der Waals surface area (Å²) in [6.07, 6.45) is 1.45. The van der Waals surface area contributed by atoms with Crippen molar-refractivity contribution in [3.63, 3.8) is 0 Å². The Kier molecular flexibility index (Phi) is 2.18. The fourth-order valence-corrected chi connectivity index (χ4v) is 1.21. The van der Waals surface area contributed by atoms with Crippen molar-refractivity contribution in [3.05, 3.63) is 0 Å². The quantitative estimate of drug-likeness (QED) is 0.605. The molecule has 1 amide bonds. The normalized spacial score (nSPS) is 22.8. The Balaban J connectivity index is 2.52. The maximum absolute atomic E-state index is 11.2. The SMILES string of the molecule is CCCN1OC(C)(C)CC1=O. The minimum absolute atomic E-state index is 0.108. The fraction of sp³-hybridized carbons (Fsp3) is 0.875. The first-order valence-electron chi connectivity index (χ1n) is 4.04. The molecular formula is C8H15NO2. The maximum Gasteiger partial charge on any atom is 0.249 e. The van der Waals surface area contributed by atoms with Gasteiger partial charge in [0.15, 0.2) is 0 Å². The first kappa shape index (κ1) is 8.53. The van der Waals surface area contributed by atoms with Crippen LogP contribution in [0.2, 0.25) is 0 Å². The molecule has 3 nitrogen and oxygen atoms in total. The van der Waals surface area contributed by atoms with Crippen molar-refractivity contribution in [1.29, 1.82) is 0 Å². The van der Waals surface area contributed by atoms with Gasteiger partial charge in [-0.15, -0.1) is 0 Å². The van der Waals surface area contributed by atoms with Crippen LogP contribution in [0, 0.1) is 0 Å². The van der Waals surface area contributed by atoms with E-state index in [1.165, 1.54) is 5.06 Å². The Labute approximate surface area is 67.3 Å². The van der Waals surface area contributed by atoms with Crippen LogP contribution in [-0.4, -0.2) is 23.1 Å². The molecule has 11 heavy (non-hydrogen) atoms. The lowest BCUT2D eigenvalue weighted by Crippen LogP contribution is -2.26. The van der Waals surface area contributed by atoms with Crippen LogP contribution in [0.15, 0.2) is 0 Å². The Hall–Kier alpha value is -0.570. The molecule has 0 atom stereocenters. The summed E-state index contributed by atoms with van der Waals surface area (Å²) in [6, 6.07) is 0. The van der Waals surface area contributed by atoms with Crippen LogP contribution in [0.3, 0.4) is 0 Å². The van der Waals surface area contributed by atoms with Gasteiger partial charge < -0.3 is 0 Å². The van der Waals surface area contributed by atoms with E-state index in [1.807, 2.05) is 20.8 Å². The summed E-state index contributed by atoms with van der Waals surface area (Å²) in [5.74, 6) is 0.108. The molecule has 1 aliphatic heterocycles. The summed E-state index contributed by atoms with van der Waals surface area (Å²) in [5, 5.41) is 1.47. The molecule has 1 heterocycles. The van der Waals surface area contributed by atoms with E-state index in [9.17, 15) is 4.79 Å². The Morgan fingerprint density at radius 1 is 1.64 bits per heavy atom. The minimum atomic E-state index is -0.285. The van der Waals surface area contributed by atoms with Crippen LogP contribution in [0.25, 0.3) is 0 Å². The molecule has 0 aromatic rings. The van der Waals surface area contributed by atoms with Crippen molar-refractivity contribution in [2.45, 2.75) is 39.2 Å². The van der Waals surface area contributed by atoms with Crippen LogP contribution >= 0.6 is 0 Å². The number of hydrogen-bond acceptors (Lipinski definition) is 2. The van der Waals surface area contributed by atoms with E-state index in [0.717, 1.165) is 6.42 Å². The number of amides is 1. The number of hydrogen-bond donors (Lipinski definition) is 0. The fourth-order valence-electron chi connectivity index (χ4n) is 1.21. The zero-order valence-electron chi connectivity index (χ0n) is 7.39. The summed E-state index contributed by atoms with van der Waals surface area (Å²) in [6.45, 7) is 6.60. The monoisotopic (exact) mass is 157 g/mol. The molecule has 3 heteroatoms. The molecular weight excluding hydrogens is 142 g/mol. The van der Waals surface area contributed by atoms with Crippen molar-refractivity contribution >= 4 is 5.91 Å². The Bertz CT molecular complexity index is 165. The Morgan fingerprint density at radius 3 is 2.64 bits per heavy atom. The summed E-state index contributed by atoms with van der Waals surface area (Å²) < 4.78 is 0. The average Bonchev–Trinajstić information content (AvgIpc) is 2.07. The summed E-state index contributed by atoms with van der Waals surface area (Å²) >= 11 is 0. The highest BCUT2D eigenvalue weighted by Crippen LogP contribution is 2.25. The minimum Gasteiger partial charge on any atom is -0.272 e. The second kappa shape index (κ2) is 2.81.